The van der Waals surface area contributed by atoms with Gasteiger partial charge in [0.15, 0.2) is 6.61 Å². The van der Waals surface area contributed by atoms with Gasteiger partial charge >= 0.3 is 0 Å². The van der Waals surface area contributed by atoms with Gasteiger partial charge in [0, 0.05) is 12.6 Å². The van der Waals surface area contributed by atoms with Gasteiger partial charge in [-0.15, -0.1) is 0 Å². The molecule has 1 aromatic rings. The molecule has 1 aromatic carbocycles. The SMILES string of the molecule is CN1CCCCC1CNC(=O)COc1ccc(C#N)cc1. The molecule has 0 aliphatic carbocycles. The molecule has 0 saturated carbocycles. The zero-order valence-corrected chi connectivity index (χ0v) is 12.3. The molecule has 1 N–H and O–H groups in total. The van der Waals surface area contributed by atoms with E-state index >= 15 is 0 Å². The molecule has 0 bridgehead atoms. The van der Waals surface area contributed by atoms with Crippen LogP contribution in [0.4, 0.5) is 0 Å². The van der Waals surface area contributed by atoms with Crippen molar-refractivity contribution in [3.05, 3.63) is 29.8 Å². The molecule has 5 nitrogen and oxygen atoms in total. The van der Waals surface area contributed by atoms with Crippen LogP contribution < -0.4 is 10.1 Å². The molecule has 5 heteroatoms. The predicted molar refractivity (Wildman–Crippen MR) is 79.9 cm³/mol. The van der Waals surface area contributed by atoms with Crippen molar-refractivity contribution in [1.82, 2.24) is 10.2 Å². The summed E-state index contributed by atoms with van der Waals surface area (Å²) in [6.07, 6.45) is 3.60. The Bertz CT molecular complexity index is 507. The molecule has 112 valence electrons. The Balaban J connectivity index is 1.70. The van der Waals surface area contributed by atoms with E-state index in [-0.39, 0.29) is 12.5 Å². The number of nitrogens with one attached hydrogen (secondary N) is 1. The standard InChI is InChI=1S/C16H21N3O2/c1-19-9-3-2-4-14(19)11-18-16(20)12-21-15-7-5-13(10-17)6-8-15/h5-8,14H,2-4,9,11-12H2,1H3,(H,18,20). The van der Waals surface area contributed by atoms with Crippen LogP contribution in [0.1, 0.15) is 24.8 Å². The number of nitriles is 1. The number of rotatable bonds is 5. The van der Waals surface area contributed by atoms with E-state index in [1.54, 1.807) is 24.3 Å². The molecule has 1 heterocycles. The zero-order valence-electron chi connectivity index (χ0n) is 12.3. The van der Waals surface area contributed by atoms with Crippen molar-refractivity contribution in [1.29, 1.82) is 5.26 Å². The van der Waals surface area contributed by atoms with Gasteiger partial charge in [-0.2, -0.15) is 5.26 Å². The third-order valence-electron chi connectivity index (χ3n) is 3.81. The molecule has 0 aromatic heterocycles. The van der Waals surface area contributed by atoms with E-state index in [0.29, 0.717) is 23.9 Å². The van der Waals surface area contributed by atoms with Crippen molar-refractivity contribution in [3.63, 3.8) is 0 Å². The maximum absolute atomic E-state index is 11.8. The minimum Gasteiger partial charge on any atom is -0.484 e. The van der Waals surface area contributed by atoms with Crippen molar-refractivity contribution >= 4 is 5.91 Å². The third-order valence-corrected chi connectivity index (χ3v) is 3.81. The summed E-state index contributed by atoms with van der Waals surface area (Å²) < 4.78 is 5.40. The van der Waals surface area contributed by atoms with Crippen LogP contribution in [0, 0.1) is 11.3 Å². The Kier molecular flexibility index (Phi) is 5.59. The summed E-state index contributed by atoms with van der Waals surface area (Å²) in [6.45, 7) is 1.77. The van der Waals surface area contributed by atoms with E-state index in [9.17, 15) is 4.79 Å². The Hall–Kier alpha value is -2.06. The minimum absolute atomic E-state index is 0.00232. The average Bonchev–Trinajstić information content (AvgIpc) is 2.52. The van der Waals surface area contributed by atoms with E-state index in [4.69, 9.17) is 10.00 Å². The molecule has 1 fully saturated rings. The molecule has 1 atom stereocenters. The first-order chi connectivity index (χ1) is 10.2. The first-order valence-corrected chi connectivity index (χ1v) is 7.29. The number of ether oxygens (including phenoxy) is 1. The minimum atomic E-state index is -0.113. The largest absolute Gasteiger partial charge is 0.484 e. The Morgan fingerprint density at radius 2 is 2.19 bits per heavy atom. The second-order valence-corrected chi connectivity index (χ2v) is 5.36. The van der Waals surface area contributed by atoms with Crippen LogP contribution in [0.15, 0.2) is 24.3 Å². The number of nitrogens with zero attached hydrogens (tertiary/aromatic N) is 2. The van der Waals surface area contributed by atoms with Crippen LogP contribution in [-0.2, 0) is 4.79 Å². The van der Waals surface area contributed by atoms with Crippen LogP contribution in [0.25, 0.3) is 0 Å². The molecule has 0 radical (unpaired) electrons. The van der Waals surface area contributed by atoms with Crippen molar-refractivity contribution in [2.24, 2.45) is 0 Å². The lowest BCUT2D eigenvalue weighted by molar-refractivity contribution is -0.123. The fraction of sp³-hybridized carbons (Fsp3) is 0.500. The van der Waals surface area contributed by atoms with Gasteiger partial charge in [0.05, 0.1) is 11.6 Å². The summed E-state index contributed by atoms with van der Waals surface area (Å²) in [7, 11) is 2.10. The van der Waals surface area contributed by atoms with Crippen LogP contribution in [0.3, 0.4) is 0 Å². The second kappa shape index (κ2) is 7.65. The fourth-order valence-corrected chi connectivity index (χ4v) is 2.46. The summed E-state index contributed by atoms with van der Waals surface area (Å²) in [4.78, 5) is 14.1. The molecular weight excluding hydrogens is 266 g/mol. The predicted octanol–water partition coefficient (Wildman–Crippen LogP) is 1.54. The quantitative estimate of drug-likeness (QED) is 0.892. The summed E-state index contributed by atoms with van der Waals surface area (Å²) in [6, 6.07) is 9.20. The molecule has 1 unspecified atom stereocenters. The third kappa shape index (κ3) is 4.76. The van der Waals surface area contributed by atoms with Gasteiger partial charge < -0.3 is 15.0 Å². The van der Waals surface area contributed by atoms with Gasteiger partial charge in [-0.3, -0.25) is 4.79 Å². The monoisotopic (exact) mass is 287 g/mol. The number of piperidine rings is 1. The maximum atomic E-state index is 11.8. The van der Waals surface area contributed by atoms with Crippen LogP contribution >= 0.6 is 0 Å². The van der Waals surface area contributed by atoms with Crippen LogP contribution in [0.2, 0.25) is 0 Å². The van der Waals surface area contributed by atoms with Gasteiger partial charge in [0.2, 0.25) is 0 Å². The highest BCUT2D eigenvalue weighted by Crippen LogP contribution is 2.14. The van der Waals surface area contributed by atoms with E-state index in [2.05, 4.69) is 17.3 Å². The van der Waals surface area contributed by atoms with Crippen molar-refractivity contribution in [2.45, 2.75) is 25.3 Å². The normalized spacial score (nSPS) is 18.8. The zero-order chi connectivity index (χ0) is 15.1. The highest BCUT2D eigenvalue weighted by Gasteiger charge is 2.19. The summed E-state index contributed by atoms with van der Waals surface area (Å²) in [5.74, 6) is 0.484. The first-order valence-electron chi connectivity index (χ1n) is 7.29. The lowest BCUT2D eigenvalue weighted by atomic mass is 10.0. The molecule has 21 heavy (non-hydrogen) atoms. The van der Waals surface area contributed by atoms with Crippen LogP contribution in [-0.4, -0.2) is 43.6 Å². The van der Waals surface area contributed by atoms with Gasteiger partial charge in [0.1, 0.15) is 5.75 Å². The summed E-state index contributed by atoms with van der Waals surface area (Å²) in [5, 5.41) is 11.6. The van der Waals surface area contributed by atoms with Gasteiger partial charge in [0.25, 0.3) is 5.91 Å². The Morgan fingerprint density at radius 3 is 2.86 bits per heavy atom. The van der Waals surface area contributed by atoms with E-state index in [0.717, 1.165) is 13.0 Å². The number of likely N-dealkylation sites (N-methyl/N-ethyl adjacent to an activating group) is 1. The van der Waals surface area contributed by atoms with Crippen molar-refractivity contribution < 1.29 is 9.53 Å². The topological polar surface area (TPSA) is 65.4 Å². The highest BCUT2D eigenvalue weighted by atomic mass is 16.5. The van der Waals surface area contributed by atoms with Gasteiger partial charge in [-0.1, -0.05) is 6.42 Å². The smallest absolute Gasteiger partial charge is 0.257 e. The van der Waals surface area contributed by atoms with Crippen molar-refractivity contribution in [3.8, 4) is 11.8 Å². The molecule has 1 amide bonds. The average molecular weight is 287 g/mol. The summed E-state index contributed by atoms with van der Waals surface area (Å²) in [5.41, 5.74) is 0.576. The van der Waals surface area contributed by atoms with Gasteiger partial charge in [-0.25, -0.2) is 0 Å². The molecular formula is C16H21N3O2. The van der Waals surface area contributed by atoms with E-state index < -0.39 is 0 Å². The number of carbonyl (C=O) groups is 1. The number of benzene rings is 1. The fourth-order valence-electron chi connectivity index (χ4n) is 2.46. The number of carbonyl (C=O) groups excluding carboxylic acids is 1. The van der Waals surface area contributed by atoms with Gasteiger partial charge in [-0.05, 0) is 50.7 Å². The van der Waals surface area contributed by atoms with E-state index in [1.165, 1.54) is 12.8 Å². The van der Waals surface area contributed by atoms with E-state index in [1.807, 2.05) is 6.07 Å². The lowest BCUT2D eigenvalue weighted by Gasteiger charge is -2.32. The highest BCUT2D eigenvalue weighted by molar-refractivity contribution is 5.77. The molecule has 1 aliphatic heterocycles. The molecule has 2 rings (SSSR count). The number of hydrogen-bond donors (Lipinski definition) is 1. The summed E-state index contributed by atoms with van der Waals surface area (Å²) >= 11 is 0. The number of amides is 1. The van der Waals surface area contributed by atoms with Crippen LogP contribution in [0.5, 0.6) is 5.75 Å². The Labute approximate surface area is 125 Å². The number of likely N-dealkylation sites (tertiary alicyclic amines) is 1. The second-order valence-electron chi connectivity index (χ2n) is 5.36. The number of hydrogen-bond acceptors (Lipinski definition) is 4. The lowest BCUT2D eigenvalue weighted by Crippen LogP contribution is -2.45. The Morgan fingerprint density at radius 1 is 1.43 bits per heavy atom. The molecule has 1 saturated heterocycles. The van der Waals surface area contributed by atoms with Crippen molar-refractivity contribution in [2.75, 3.05) is 26.7 Å². The molecule has 1 aliphatic rings. The maximum Gasteiger partial charge on any atom is 0.257 e. The molecule has 0 spiro atoms. The first kappa shape index (κ1) is 15.3.